The molecule has 0 spiro atoms. The lowest BCUT2D eigenvalue weighted by Gasteiger charge is -2.16. The molecule has 1 heterocycles. The van der Waals surface area contributed by atoms with E-state index in [9.17, 15) is 9.59 Å². The van der Waals surface area contributed by atoms with Gasteiger partial charge in [0, 0.05) is 6.08 Å². The van der Waals surface area contributed by atoms with Crippen molar-refractivity contribution in [1.82, 2.24) is 0 Å². The Bertz CT molecular complexity index is 381. The molecule has 0 saturated carbocycles. The Morgan fingerprint density at radius 3 is 2.56 bits per heavy atom. The highest BCUT2D eigenvalue weighted by atomic mass is 16.8. The summed E-state index contributed by atoms with van der Waals surface area (Å²) in [6.45, 7) is 5.32. The molecular weight excluding hydrogens is 236 g/mol. The number of hydrogen-bond donors (Lipinski definition) is 0. The van der Waals surface area contributed by atoms with E-state index in [4.69, 9.17) is 9.47 Å². The zero-order valence-electron chi connectivity index (χ0n) is 11.0. The van der Waals surface area contributed by atoms with Crippen LogP contribution in [0.25, 0.3) is 0 Å². The van der Waals surface area contributed by atoms with E-state index >= 15 is 0 Å². The normalized spacial score (nSPS) is 27.4. The molecule has 1 saturated heterocycles. The van der Waals surface area contributed by atoms with E-state index in [-0.39, 0.29) is 0 Å². The third kappa shape index (κ3) is 3.78. The molecule has 0 aromatic rings. The van der Waals surface area contributed by atoms with E-state index in [2.05, 4.69) is 4.74 Å². The van der Waals surface area contributed by atoms with E-state index in [1.807, 2.05) is 6.92 Å². The highest BCUT2D eigenvalue weighted by Gasteiger charge is 2.41. The van der Waals surface area contributed by atoms with E-state index in [0.29, 0.717) is 0 Å². The van der Waals surface area contributed by atoms with Crippen LogP contribution in [0.1, 0.15) is 20.8 Å². The molecule has 0 amide bonds. The maximum atomic E-state index is 10.9. The van der Waals surface area contributed by atoms with Crippen molar-refractivity contribution in [2.24, 2.45) is 0 Å². The van der Waals surface area contributed by atoms with Gasteiger partial charge in [0.05, 0.1) is 7.11 Å². The van der Waals surface area contributed by atoms with E-state index < -0.39 is 24.0 Å². The van der Waals surface area contributed by atoms with Crippen LogP contribution < -0.4 is 0 Å². The molecule has 5 nitrogen and oxygen atoms in total. The van der Waals surface area contributed by atoms with Crippen molar-refractivity contribution in [1.29, 1.82) is 0 Å². The van der Waals surface area contributed by atoms with Crippen LogP contribution in [-0.4, -0.2) is 37.4 Å². The first-order chi connectivity index (χ1) is 8.39. The summed E-state index contributed by atoms with van der Waals surface area (Å²) in [5, 5.41) is 0. The number of carbonyl (C=O) groups is 2. The van der Waals surface area contributed by atoms with Gasteiger partial charge in [0.2, 0.25) is 0 Å². The fourth-order valence-electron chi connectivity index (χ4n) is 1.68. The summed E-state index contributed by atoms with van der Waals surface area (Å²) in [6.07, 6.45) is 4.21. The fraction of sp³-hybridized carbons (Fsp3) is 0.538. The highest BCUT2D eigenvalue weighted by Crippen LogP contribution is 2.30. The van der Waals surface area contributed by atoms with Gasteiger partial charge in [-0.25, -0.2) is 4.79 Å². The second-order valence-electron chi connectivity index (χ2n) is 4.45. The first kappa shape index (κ1) is 14.6. The molecule has 0 bridgehead atoms. The van der Waals surface area contributed by atoms with Crippen molar-refractivity contribution in [3.8, 4) is 0 Å². The number of rotatable bonds is 4. The van der Waals surface area contributed by atoms with Gasteiger partial charge in [0.1, 0.15) is 12.2 Å². The van der Waals surface area contributed by atoms with Crippen LogP contribution >= 0.6 is 0 Å². The number of carbonyl (C=O) groups excluding carboxylic acids is 2. The number of methoxy groups -OCH3 is 1. The summed E-state index contributed by atoms with van der Waals surface area (Å²) in [4.78, 5) is 21.8. The van der Waals surface area contributed by atoms with Crippen molar-refractivity contribution in [2.75, 3.05) is 7.11 Å². The Labute approximate surface area is 106 Å². The Morgan fingerprint density at radius 1 is 1.33 bits per heavy atom. The monoisotopic (exact) mass is 254 g/mol. The number of aldehydes is 1. The lowest BCUT2D eigenvalue weighted by molar-refractivity contribution is -0.148. The Hall–Kier alpha value is -1.46. The highest BCUT2D eigenvalue weighted by molar-refractivity contribution is 5.82. The van der Waals surface area contributed by atoms with Crippen molar-refractivity contribution >= 4 is 12.3 Å². The van der Waals surface area contributed by atoms with Gasteiger partial charge in [-0.15, -0.1) is 0 Å². The van der Waals surface area contributed by atoms with Gasteiger partial charge in [0.15, 0.2) is 12.1 Å². The lowest BCUT2D eigenvalue weighted by atomic mass is 10.1. The topological polar surface area (TPSA) is 61.8 Å². The summed E-state index contributed by atoms with van der Waals surface area (Å²) < 4.78 is 15.5. The number of esters is 1. The minimum atomic E-state index is -0.780. The summed E-state index contributed by atoms with van der Waals surface area (Å²) in [5.41, 5.74) is 0.804. The largest absolute Gasteiger partial charge is 0.466 e. The lowest BCUT2D eigenvalue weighted by Crippen LogP contribution is -2.24. The van der Waals surface area contributed by atoms with Crippen LogP contribution in [-0.2, 0) is 23.8 Å². The van der Waals surface area contributed by atoms with Gasteiger partial charge >= 0.3 is 5.97 Å². The SMILES string of the molecule is COC(=O)/C=C/C=C(\C)[C@@H]1OC(C)(C)O[C@H]1C=O. The summed E-state index contributed by atoms with van der Waals surface area (Å²) in [6, 6.07) is 0. The molecule has 100 valence electrons. The molecule has 2 atom stereocenters. The Balaban J connectivity index is 2.74. The van der Waals surface area contributed by atoms with Crippen molar-refractivity contribution in [3.05, 3.63) is 23.8 Å². The maximum absolute atomic E-state index is 10.9. The molecule has 0 radical (unpaired) electrons. The van der Waals surface area contributed by atoms with Crippen molar-refractivity contribution < 1.29 is 23.8 Å². The smallest absolute Gasteiger partial charge is 0.330 e. The van der Waals surface area contributed by atoms with Gasteiger partial charge in [-0.05, 0) is 26.3 Å². The maximum Gasteiger partial charge on any atom is 0.330 e. The molecule has 0 aromatic carbocycles. The van der Waals surface area contributed by atoms with Crippen molar-refractivity contribution in [3.63, 3.8) is 0 Å². The summed E-state index contributed by atoms with van der Waals surface area (Å²) in [5.74, 6) is -1.22. The molecule has 0 aromatic heterocycles. The number of ether oxygens (including phenoxy) is 3. The standard InChI is InChI=1S/C13H18O5/c1-9(6-5-7-11(15)16-4)12-10(8-14)17-13(2,3)18-12/h5-8,10,12H,1-4H3/b7-5+,9-6+/t10-,12-/m0/s1. The average Bonchev–Trinajstić information content (AvgIpc) is 2.64. The Kier molecular flexibility index (Phi) is 4.81. The summed E-state index contributed by atoms with van der Waals surface area (Å²) >= 11 is 0. The fourth-order valence-corrected chi connectivity index (χ4v) is 1.68. The van der Waals surface area contributed by atoms with Crippen molar-refractivity contribution in [2.45, 2.75) is 38.8 Å². The number of allylic oxidation sites excluding steroid dienone is 2. The predicted molar refractivity (Wildman–Crippen MR) is 64.8 cm³/mol. The molecule has 0 aliphatic carbocycles. The van der Waals surface area contributed by atoms with E-state index in [1.54, 1.807) is 26.0 Å². The Morgan fingerprint density at radius 2 is 2.00 bits per heavy atom. The van der Waals surface area contributed by atoms with E-state index in [1.165, 1.54) is 13.2 Å². The second-order valence-corrected chi connectivity index (χ2v) is 4.45. The van der Waals surface area contributed by atoms with Crippen LogP contribution in [0.2, 0.25) is 0 Å². The quantitative estimate of drug-likeness (QED) is 0.328. The van der Waals surface area contributed by atoms with E-state index in [0.717, 1.165) is 11.9 Å². The molecule has 0 unspecified atom stereocenters. The zero-order chi connectivity index (χ0) is 13.8. The predicted octanol–water partition coefficient (Wildman–Crippen LogP) is 1.38. The van der Waals surface area contributed by atoms with Crippen LogP contribution in [0.15, 0.2) is 23.8 Å². The number of hydrogen-bond acceptors (Lipinski definition) is 5. The molecule has 18 heavy (non-hydrogen) atoms. The molecule has 1 rings (SSSR count). The summed E-state index contributed by atoms with van der Waals surface area (Å²) in [7, 11) is 1.31. The van der Waals surface area contributed by atoms with Crippen LogP contribution in [0.4, 0.5) is 0 Å². The molecule has 1 aliphatic rings. The molecule has 0 N–H and O–H groups in total. The van der Waals surface area contributed by atoms with Gasteiger partial charge in [0.25, 0.3) is 0 Å². The molecule has 1 aliphatic heterocycles. The third-order valence-electron chi connectivity index (χ3n) is 2.50. The van der Waals surface area contributed by atoms with Crippen LogP contribution in [0, 0.1) is 0 Å². The van der Waals surface area contributed by atoms with Crippen LogP contribution in [0.5, 0.6) is 0 Å². The zero-order valence-corrected chi connectivity index (χ0v) is 11.0. The van der Waals surface area contributed by atoms with Crippen LogP contribution in [0.3, 0.4) is 0 Å². The van der Waals surface area contributed by atoms with Gasteiger partial charge < -0.3 is 19.0 Å². The third-order valence-corrected chi connectivity index (χ3v) is 2.50. The average molecular weight is 254 g/mol. The molecule has 1 fully saturated rings. The minimum Gasteiger partial charge on any atom is -0.466 e. The molecular formula is C13H18O5. The van der Waals surface area contributed by atoms with Gasteiger partial charge in [-0.1, -0.05) is 12.2 Å². The second kappa shape index (κ2) is 5.93. The first-order valence-electron chi connectivity index (χ1n) is 5.63. The first-order valence-corrected chi connectivity index (χ1v) is 5.63. The minimum absolute atomic E-state index is 0.431. The molecule has 5 heteroatoms. The van der Waals surface area contributed by atoms with Gasteiger partial charge in [-0.3, -0.25) is 0 Å². The van der Waals surface area contributed by atoms with Gasteiger partial charge in [-0.2, -0.15) is 0 Å².